The van der Waals surface area contributed by atoms with Crippen LogP contribution < -0.4 is 19.3 Å². The first-order chi connectivity index (χ1) is 11.8. The lowest BCUT2D eigenvalue weighted by Gasteiger charge is -2.20. The fraction of sp³-hybridized carbons (Fsp3) is 0.333. The highest BCUT2D eigenvalue weighted by molar-refractivity contribution is 7.93. The third kappa shape index (κ3) is 2.72. The lowest BCUT2D eigenvalue weighted by Crippen LogP contribution is -2.31. The molecule has 0 fully saturated rings. The fourth-order valence-electron chi connectivity index (χ4n) is 2.68. The van der Waals surface area contributed by atoms with Crippen LogP contribution in [-0.4, -0.2) is 38.7 Å². The van der Waals surface area contributed by atoms with Crippen LogP contribution in [0.1, 0.15) is 5.69 Å². The molecule has 0 bridgehead atoms. The van der Waals surface area contributed by atoms with E-state index in [9.17, 15) is 17.6 Å². The van der Waals surface area contributed by atoms with Crippen LogP contribution >= 0.6 is 0 Å². The van der Waals surface area contributed by atoms with Crippen molar-refractivity contribution in [3.05, 3.63) is 40.1 Å². The molecule has 1 aliphatic rings. The van der Waals surface area contributed by atoms with E-state index in [1.54, 1.807) is 6.92 Å². The summed E-state index contributed by atoms with van der Waals surface area (Å²) in [6.07, 6.45) is 0. The number of aromatic nitrogens is 2. The van der Waals surface area contributed by atoms with Crippen LogP contribution in [0.2, 0.25) is 0 Å². The van der Waals surface area contributed by atoms with Crippen molar-refractivity contribution >= 4 is 16.0 Å². The van der Waals surface area contributed by atoms with Gasteiger partial charge in [-0.3, -0.25) is 9.36 Å². The van der Waals surface area contributed by atoms with Gasteiger partial charge in [-0.2, -0.15) is 0 Å². The van der Waals surface area contributed by atoms with Crippen LogP contribution in [-0.2, 0) is 16.6 Å². The molecule has 3 rings (SSSR count). The minimum Gasteiger partial charge on any atom is -0.495 e. The molecule has 1 aliphatic heterocycles. The van der Waals surface area contributed by atoms with Gasteiger partial charge in [0.25, 0.3) is 15.6 Å². The van der Waals surface area contributed by atoms with Crippen LogP contribution in [0.5, 0.6) is 11.5 Å². The van der Waals surface area contributed by atoms with E-state index in [2.05, 4.69) is 4.98 Å². The zero-order valence-corrected chi connectivity index (χ0v) is 14.6. The van der Waals surface area contributed by atoms with Gasteiger partial charge in [-0.25, -0.2) is 22.1 Å². The maximum atomic E-state index is 14.1. The van der Waals surface area contributed by atoms with Crippen LogP contribution in [0.25, 0.3) is 0 Å². The van der Waals surface area contributed by atoms with Crippen LogP contribution in [0, 0.1) is 12.7 Å². The van der Waals surface area contributed by atoms with Gasteiger partial charge in [0, 0.05) is 30.4 Å². The Hall–Kier alpha value is -2.62. The molecule has 10 heteroatoms. The molecule has 0 radical (unpaired) electrons. The van der Waals surface area contributed by atoms with Crippen LogP contribution in [0.3, 0.4) is 0 Å². The van der Waals surface area contributed by atoms with Gasteiger partial charge in [0.15, 0.2) is 11.6 Å². The summed E-state index contributed by atoms with van der Waals surface area (Å²) in [5.41, 5.74) is 0.0549. The number of sulfonamides is 1. The maximum absolute atomic E-state index is 14.1. The highest BCUT2D eigenvalue weighted by Gasteiger charge is 2.35. The number of hydrogen-bond donors (Lipinski definition) is 0. The Balaban J connectivity index is 2.18. The lowest BCUT2D eigenvalue weighted by atomic mass is 10.3. The Labute approximate surface area is 143 Å². The van der Waals surface area contributed by atoms with Crippen molar-refractivity contribution in [2.75, 3.05) is 25.1 Å². The maximum Gasteiger partial charge on any atom is 0.270 e. The molecule has 1 aromatic heterocycles. The van der Waals surface area contributed by atoms with Gasteiger partial charge >= 0.3 is 0 Å². The van der Waals surface area contributed by atoms with Gasteiger partial charge in [-0.05, 0) is 6.92 Å². The summed E-state index contributed by atoms with van der Waals surface area (Å²) in [4.78, 5) is 15.8. The van der Waals surface area contributed by atoms with Crippen molar-refractivity contribution in [1.29, 1.82) is 0 Å². The van der Waals surface area contributed by atoms with Gasteiger partial charge in [-0.15, -0.1) is 0 Å². The topological polar surface area (TPSA) is 90.7 Å². The van der Waals surface area contributed by atoms with E-state index in [1.165, 1.54) is 24.9 Å². The third-order valence-corrected chi connectivity index (χ3v) is 5.67. The Morgan fingerprint density at radius 1 is 1.12 bits per heavy atom. The van der Waals surface area contributed by atoms with Crippen molar-refractivity contribution in [2.45, 2.75) is 18.4 Å². The van der Waals surface area contributed by atoms with Gasteiger partial charge < -0.3 is 9.47 Å². The molecule has 1 aromatic carbocycles. The first kappa shape index (κ1) is 17.2. The smallest absolute Gasteiger partial charge is 0.270 e. The second-order valence-electron chi connectivity index (χ2n) is 5.40. The summed E-state index contributed by atoms with van der Waals surface area (Å²) >= 11 is 0. The molecule has 0 saturated carbocycles. The molecule has 2 aromatic rings. The zero-order chi connectivity index (χ0) is 18.4. The van der Waals surface area contributed by atoms with Gasteiger partial charge in [0.05, 0.1) is 20.8 Å². The zero-order valence-electron chi connectivity index (χ0n) is 13.8. The molecular weight excluding hydrogens is 353 g/mol. The molecule has 8 nitrogen and oxygen atoms in total. The number of halogens is 1. The van der Waals surface area contributed by atoms with Crippen molar-refractivity contribution < 1.29 is 22.3 Å². The molecule has 2 heterocycles. The second-order valence-corrected chi connectivity index (χ2v) is 7.23. The number of anilines is 1. The summed E-state index contributed by atoms with van der Waals surface area (Å²) < 4.78 is 52.3. The van der Waals surface area contributed by atoms with Crippen molar-refractivity contribution in [1.82, 2.24) is 9.55 Å². The Morgan fingerprint density at radius 2 is 1.80 bits per heavy atom. The number of methoxy groups -OCH3 is 2. The van der Waals surface area contributed by atoms with Gasteiger partial charge in [0.1, 0.15) is 10.6 Å². The Morgan fingerprint density at radius 3 is 2.44 bits per heavy atom. The fourth-order valence-corrected chi connectivity index (χ4v) is 4.24. The van der Waals surface area contributed by atoms with Crippen molar-refractivity contribution in [2.24, 2.45) is 0 Å². The first-order valence-electron chi connectivity index (χ1n) is 7.32. The molecule has 0 N–H and O–H groups in total. The molecule has 0 aliphatic carbocycles. The predicted octanol–water partition coefficient (Wildman–Crippen LogP) is 0.917. The van der Waals surface area contributed by atoms with E-state index in [1.807, 2.05) is 0 Å². The summed E-state index contributed by atoms with van der Waals surface area (Å²) in [6, 6.07) is 3.33. The summed E-state index contributed by atoms with van der Waals surface area (Å²) in [6.45, 7) is 1.78. The molecule has 0 unspecified atom stereocenters. The standard InChI is InChI=1S/C15H16FN3O5S/c1-9-6-14(20)18-4-5-19(15(18)17-9)25(21,22)13-7-10(16)11(23-2)8-12(13)24-3/h6-8H,4-5H2,1-3H3. The normalized spacial score (nSPS) is 13.7. The van der Waals surface area contributed by atoms with Crippen molar-refractivity contribution in [3.63, 3.8) is 0 Å². The minimum atomic E-state index is -4.19. The van der Waals surface area contributed by atoms with Crippen LogP contribution in [0.4, 0.5) is 10.3 Å². The quantitative estimate of drug-likeness (QED) is 0.796. The van der Waals surface area contributed by atoms with Crippen molar-refractivity contribution in [3.8, 4) is 11.5 Å². The first-order valence-corrected chi connectivity index (χ1v) is 8.76. The summed E-state index contributed by atoms with van der Waals surface area (Å²) in [5, 5.41) is 0. The SMILES string of the molecule is COc1cc(OC)c(S(=O)(=O)N2CCn3c2nc(C)cc3=O)cc1F. The Bertz CT molecular complexity index is 1000. The minimum absolute atomic E-state index is 0.00304. The van der Waals surface area contributed by atoms with E-state index in [0.29, 0.717) is 5.69 Å². The molecule has 0 saturated heterocycles. The van der Waals surface area contributed by atoms with E-state index in [4.69, 9.17) is 9.47 Å². The number of ether oxygens (including phenoxy) is 2. The number of rotatable bonds is 4. The lowest BCUT2D eigenvalue weighted by molar-refractivity contribution is 0.367. The number of nitrogens with zero attached hydrogens (tertiary/aromatic N) is 3. The van der Waals surface area contributed by atoms with Gasteiger partial charge in [0.2, 0.25) is 5.95 Å². The van der Waals surface area contributed by atoms with Gasteiger partial charge in [-0.1, -0.05) is 0 Å². The summed E-state index contributed by atoms with van der Waals surface area (Å²) in [5.74, 6) is -1.03. The predicted molar refractivity (Wildman–Crippen MR) is 87.3 cm³/mol. The molecule has 25 heavy (non-hydrogen) atoms. The van der Waals surface area contributed by atoms with E-state index in [0.717, 1.165) is 16.4 Å². The van der Waals surface area contributed by atoms with E-state index in [-0.39, 0.29) is 41.0 Å². The summed E-state index contributed by atoms with van der Waals surface area (Å²) in [7, 11) is -1.65. The molecule has 0 atom stereocenters. The average molecular weight is 369 g/mol. The third-order valence-electron chi connectivity index (χ3n) is 3.87. The molecule has 0 amide bonds. The second kappa shape index (κ2) is 6.03. The molecular formula is C15H16FN3O5S. The molecule has 0 spiro atoms. The number of hydrogen-bond acceptors (Lipinski definition) is 6. The monoisotopic (exact) mass is 369 g/mol. The number of benzene rings is 1. The average Bonchev–Trinajstić information content (AvgIpc) is 2.99. The van der Waals surface area contributed by atoms with Crippen LogP contribution in [0.15, 0.2) is 27.9 Å². The highest BCUT2D eigenvalue weighted by atomic mass is 32.2. The number of aryl methyl sites for hydroxylation is 1. The van der Waals surface area contributed by atoms with E-state index >= 15 is 0 Å². The highest BCUT2D eigenvalue weighted by Crippen LogP contribution is 2.35. The largest absolute Gasteiger partial charge is 0.495 e. The number of fused-ring (bicyclic) bond motifs is 1. The Kier molecular flexibility index (Phi) is 4.15. The molecule has 134 valence electrons. The van der Waals surface area contributed by atoms with E-state index < -0.39 is 15.8 Å².